The van der Waals surface area contributed by atoms with Gasteiger partial charge in [0, 0.05) is 24.7 Å². The number of benzene rings is 1. The molecule has 0 aliphatic carbocycles. The lowest BCUT2D eigenvalue weighted by atomic mass is 10.0. The molecule has 1 aliphatic heterocycles. The fraction of sp³-hybridized carbons (Fsp3) is 0.364. The van der Waals surface area contributed by atoms with Gasteiger partial charge in [-0.2, -0.15) is 0 Å². The highest BCUT2D eigenvalue weighted by Gasteiger charge is 2.25. The molecule has 2 aromatic heterocycles. The summed E-state index contributed by atoms with van der Waals surface area (Å²) in [5.41, 5.74) is 3.90. The summed E-state index contributed by atoms with van der Waals surface area (Å²) in [6.07, 6.45) is 1.42. The first-order chi connectivity index (χ1) is 13.9. The maximum atomic E-state index is 12.9. The van der Waals surface area contributed by atoms with Gasteiger partial charge in [-0.1, -0.05) is 0 Å². The summed E-state index contributed by atoms with van der Waals surface area (Å²) < 4.78 is 5.37. The van der Waals surface area contributed by atoms with Crippen LogP contribution in [0.2, 0.25) is 0 Å². The number of furan rings is 1. The van der Waals surface area contributed by atoms with Gasteiger partial charge in [0.05, 0.1) is 22.4 Å². The highest BCUT2D eigenvalue weighted by molar-refractivity contribution is 5.97. The van der Waals surface area contributed by atoms with Crippen molar-refractivity contribution in [2.24, 2.45) is 0 Å². The molecule has 1 aromatic carbocycles. The van der Waals surface area contributed by atoms with Gasteiger partial charge in [0.15, 0.2) is 5.76 Å². The minimum atomic E-state index is -0.207. The Morgan fingerprint density at radius 2 is 1.69 bits per heavy atom. The monoisotopic (exact) mass is 392 g/mol. The molecule has 150 valence electrons. The number of fused-ring (bicyclic) bond motifs is 1. The second-order valence-corrected chi connectivity index (χ2v) is 7.55. The molecule has 1 fully saturated rings. The van der Waals surface area contributed by atoms with Crippen molar-refractivity contribution in [1.29, 1.82) is 0 Å². The van der Waals surface area contributed by atoms with Gasteiger partial charge in [-0.05, 0) is 63.9 Å². The largest absolute Gasteiger partial charge is 0.456 e. The van der Waals surface area contributed by atoms with Crippen molar-refractivity contribution in [3.8, 4) is 0 Å². The van der Waals surface area contributed by atoms with Crippen LogP contribution in [0.3, 0.4) is 0 Å². The molecule has 0 spiro atoms. The molecule has 3 aromatic rings. The van der Waals surface area contributed by atoms with E-state index in [2.05, 4.69) is 15.3 Å². The molecule has 29 heavy (non-hydrogen) atoms. The first-order valence-corrected chi connectivity index (χ1v) is 9.82. The molecule has 1 aliphatic rings. The third-order valence-corrected chi connectivity index (χ3v) is 5.40. The Morgan fingerprint density at radius 3 is 2.34 bits per heavy atom. The Hall–Kier alpha value is -3.22. The Balaban J connectivity index is 1.39. The van der Waals surface area contributed by atoms with Crippen molar-refractivity contribution in [1.82, 2.24) is 20.2 Å². The van der Waals surface area contributed by atoms with E-state index in [1.165, 1.54) is 0 Å². The number of hydrogen-bond acceptors (Lipinski definition) is 5. The summed E-state index contributed by atoms with van der Waals surface area (Å²) in [5, 5.41) is 2.99. The van der Waals surface area contributed by atoms with E-state index in [1.54, 1.807) is 18.2 Å². The minimum Gasteiger partial charge on any atom is -0.456 e. The highest BCUT2D eigenvalue weighted by atomic mass is 16.3. The average molecular weight is 392 g/mol. The molecule has 3 heterocycles. The topological polar surface area (TPSA) is 88.3 Å². The van der Waals surface area contributed by atoms with Gasteiger partial charge in [0.2, 0.25) is 0 Å². The number of likely N-dealkylation sites (tertiary alicyclic amines) is 1. The second-order valence-electron chi connectivity index (χ2n) is 7.55. The number of aryl methyl sites for hydroxylation is 3. The van der Waals surface area contributed by atoms with Gasteiger partial charge in [-0.15, -0.1) is 0 Å². The van der Waals surface area contributed by atoms with Crippen LogP contribution in [0, 0.1) is 20.8 Å². The van der Waals surface area contributed by atoms with Crippen molar-refractivity contribution < 1.29 is 14.0 Å². The number of amides is 2. The average Bonchev–Trinajstić information content (AvgIpc) is 3.15. The molecule has 0 unspecified atom stereocenters. The Labute approximate surface area is 169 Å². The lowest BCUT2D eigenvalue weighted by Crippen LogP contribution is -2.46. The smallest absolute Gasteiger partial charge is 0.287 e. The molecular formula is C22H24N4O3. The molecule has 1 saturated heterocycles. The fourth-order valence-electron chi connectivity index (χ4n) is 3.59. The van der Waals surface area contributed by atoms with Crippen molar-refractivity contribution in [3.63, 3.8) is 0 Å². The van der Waals surface area contributed by atoms with Gasteiger partial charge in [0.1, 0.15) is 5.76 Å². The van der Waals surface area contributed by atoms with Crippen LogP contribution in [0.5, 0.6) is 0 Å². The summed E-state index contributed by atoms with van der Waals surface area (Å²) >= 11 is 0. The molecule has 4 rings (SSSR count). The number of piperidine rings is 1. The molecule has 0 bridgehead atoms. The number of nitrogens with one attached hydrogen (secondary N) is 1. The molecule has 7 heteroatoms. The van der Waals surface area contributed by atoms with E-state index in [1.807, 2.05) is 37.8 Å². The zero-order valence-corrected chi connectivity index (χ0v) is 16.9. The summed E-state index contributed by atoms with van der Waals surface area (Å²) in [7, 11) is 0. The van der Waals surface area contributed by atoms with Crippen LogP contribution in [-0.2, 0) is 0 Å². The first-order valence-electron chi connectivity index (χ1n) is 9.82. The number of carbonyl (C=O) groups excluding carboxylic acids is 2. The summed E-state index contributed by atoms with van der Waals surface area (Å²) in [5.74, 6) is 0.810. The first kappa shape index (κ1) is 19.1. The Morgan fingerprint density at radius 1 is 1.00 bits per heavy atom. The number of nitrogens with zero attached hydrogens (tertiary/aromatic N) is 3. The predicted octanol–water partition coefficient (Wildman–Crippen LogP) is 3.18. The zero-order valence-electron chi connectivity index (χ0n) is 16.9. The molecule has 7 nitrogen and oxygen atoms in total. The van der Waals surface area contributed by atoms with Gasteiger partial charge in [-0.3, -0.25) is 9.59 Å². The van der Waals surface area contributed by atoms with E-state index in [0.717, 1.165) is 22.4 Å². The van der Waals surface area contributed by atoms with Gasteiger partial charge in [0.25, 0.3) is 11.8 Å². The number of hydrogen-bond donors (Lipinski definition) is 1. The standard InChI is InChI=1S/C22H24N4O3/c1-13-4-7-20(29-13)21(27)25-17-8-10-26(11-9-17)22(28)16-5-6-18-19(12-16)24-15(3)14(2)23-18/h4-7,12,17H,8-11H2,1-3H3,(H,25,27). The molecule has 0 saturated carbocycles. The van der Waals surface area contributed by atoms with Crippen molar-refractivity contribution in [2.75, 3.05) is 13.1 Å². The zero-order chi connectivity index (χ0) is 20.5. The Bertz CT molecular complexity index is 1080. The third-order valence-electron chi connectivity index (χ3n) is 5.40. The number of aromatic nitrogens is 2. The Kier molecular flexibility index (Phi) is 5.05. The maximum Gasteiger partial charge on any atom is 0.287 e. The van der Waals surface area contributed by atoms with E-state index >= 15 is 0 Å². The van der Waals surface area contributed by atoms with Gasteiger partial charge < -0.3 is 14.6 Å². The van der Waals surface area contributed by atoms with Crippen LogP contribution < -0.4 is 5.32 Å². The van der Waals surface area contributed by atoms with E-state index < -0.39 is 0 Å². The fourth-order valence-corrected chi connectivity index (χ4v) is 3.59. The maximum absolute atomic E-state index is 12.9. The van der Waals surface area contributed by atoms with Crippen LogP contribution in [-0.4, -0.2) is 45.8 Å². The number of rotatable bonds is 3. The highest BCUT2D eigenvalue weighted by Crippen LogP contribution is 2.19. The van der Waals surface area contributed by atoms with E-state index in [0.29, 0.717) is 43.0 Å². The van der Waals surface area contributed by atoms with Crippen molar-refractivity contribution in [2.45, 2.75) is 39.7 Å². The molecule has 0 radical (unpaired) electrons. The van der Waals surface area contributed by atoms with Crippen LogP contribution in [0.4, 0.5) is 0 Å². The lowest BCUT2D eigenvalue weighted by Gasteiger charge is -2.32. The summed E-state index contributed by atoms with van der Waals surface area (Å²) in [6.45, 7) is 6.84. The van der Waals surface area contributed by atoms with Crippen LogP contribution >= 0.6 is 0 Å². The SMILES string of the molecule is Cc1ccc(C(=O)NC2CCN(C(=O)c3ccc4nc(C)c(C)nc4c3)CC2)o1. The van der Waals surface area contributed by atoms with Gasteiger partial charge >= 0.3 is 0 Å². The summed E-state index contributed by atoms with van der Waals surface area (Å²) in [6, 6.07) is 8.94. The third kappa shape index (κ3) is 3.99. The molecule has 1 N–H and O–H groups in total. The predicted molar refractivity (Wildman–Crippen MR) is 109 cm³/mol. The molecule has 2 amide bonds. The van der Waals surface area contributed by atoms with Crippen LogP contribution in [0.25, 0.3) is 11.0 Å². The van der Waals surface area contributed by atoms with Crippen molar-refractivity contribution >= 4 is 22.8 Å². The lowest BCUT2D eigenvalue weighted by molar-refractivity contribution is 0.0695. The van der Waals surface area contributed by atoms with E-state index in [9.17, 15) is 9.59 Å². The van der Waals surface area contributed by atoms with E-state index in [4.69, 9.17) is 4.42 Å². The molecular weight excluding hydrogens is 368 g/mol. The van der Waals surface area contributed by atoms with Crippen LogP contribution in [0.15, 0.2) is 34.7 Å². The van der Waals surface area contributed by atoms with Crippen LogP contribution in [0.1, 0.15) is 50.9 Å². The minimum absolute atomic E-state index is 0.0154. The normalized spacial score (nSPS) is 14.9. The summed E-state index contributed by atoms with van der Waals surface area (Å²) in [4.78, 5) is 36.1. The number of carbonyl (C=O) groups is 2. The van der Waals surface area contributed by atoms with E-state index in [-0.39, 0.29) is 17.9 Å². The molecule has 0 atom stereocenters. The van der Waals surface area contributed by atoms with Gasteiger partial charge in [-0.25, -0.2) is 9.97 Å². The van der Waals surface area contributed by atoms with Crippen molar-refractivity contribution in [3.05, 3.63) is 58.8 Å². The quantitative estimate of drug-likeness (QED) is 0.740. The second kappa shape index (κ2) is 7.66.